The summed E-state index contributed by atoms with van der Waals surface area (Å²) in [6, 6.07) is 6.34. The van der Waals surface area contributed by atoms with Crippen molar-refractivity contribution in [1.82, 2.24) is 0 Å². The fourth-order valence-electron chi connectivity index (χ4n) is 2.04. The van der Waals surface area contributed by atoms with Gasteiger partial charge < -0.3 is 9.47 Å². The lowest BCUT2D eigenvalue weighted by atomic mass is 9.79. The summed E-state index contributed by atoms with van der Waals surface area (Å²) >= 11 is 0. The van der Waals surface area contributed by atoms with E-state index in [9.17, 15) is 0 Å². The fourth-order valence-corrected chi connectivity index (χ4v) is 2.04. The number of hydrogen-bond donors (Lipinski definition) is 0. The van der Waals surface area contributed by atoms with Gasteiger partial charge in [0.2, 0.25) is 0 Å². The number of ether oxygens (including phenoxy) is 2. The smallest absolute Gasteiger partial charge is 0.123 e. The molecule has 0 aliphatic carbocycles. The zero-order valence-corrected chi connectivity index (χ0v) is 9.67. The van der Waals surface area contributed by atoms with E-state index in [-0.39, 0.29) is 5.41 Å². The third kappa shape index (κ3) is 2.00. The van der Waals surface area contributed by atoms with Crippen molar-refractivity contribution in [3.8, 4) is 5.75 Å². The van der Waals surface area contributed by atoms with Gasteiger partial charge in [0.1, 0.15) is 5.75 Å². The number of rotatable bonds is 2. The molecule has 1 heterocycles. The van der Waals surface area contributed by atoms with E-state index < -0.39 is 0 Å². The van der Waals surface area contributed by atoms with E-state index in [4.69, 9.17) is 9.47 Å². The zero-order valence-electron chi connectivity index (χ0n) is 9.67. The molecule has 1 aliphatic heterocycles. The summed E-state index contributed by atoms with van der Waals surface area (Å²) in [6.07, 6.45) is 1.08. The molecule has 0 saturated carbocycles. The largest absolute Gasteiger partial charge is 0.493 e. The molecule has 1 aromatic rings. The molecule has 15 heavy (non-hydrogen) atoms. The van der Waals surface area contributed by atoms with Crippen molar-refractivity contribution in [1.29, 1.82) is 0 Å². The molecule has 2 rings (SSSR count). The maximum absolute atomic E-state index is 5.65. The van der Waals surface area contributed by atoms with E-state index in [1.54, 1.807) is 7.11 Å². The average Bonchev–Trinajstić information content (AvgIpc) is 2.19. The lowest BCUT2D eigenvalue weighted by molar-refractivity contribution is 0.184. The summed E-state index contributed by atoms with van der Waals surface area (Å²) in [5.41, 5.74) is 2.75. The molecule has 0 fully saturated rings. The van der Waals surface area contributed by atoms with Gasteiger partial charge in [-0.3, -0.25) is 0 Å². The van der Waals surface area contributed by atoms with Crippen LogP contribution in [0.2, 0.25) is 0 Å². The van der Waals surface area contributed by atoms with E-state index in [1.165, 1.54) is 11.1 Å². The minimum atomic E-state index is 0.220. The third-order valence-corrected chi connectivity index (χ3v) is 3.07. The highest BCUT2D eigenvalue weighted by Gasteiger charge is 2.28. The van der Waals surface area contributed by atoms with Gasteiger partial charge in [-0.1, -0.05) is 19.9 Å². The van der Waals surface area contributed by atoms with Gasteiger partial charge in [-0.2, -0.15) is 0 Å². The first-order valence-electron chi connectivity index (χ1n) is 5.38. The third-order valence-electron chi connectivity index (χ3n) is 3.07. The molecule has 82 valence electrons. The van der Waals surface area contributed by atoms with E-state index in [1.807, 2.05) is 0 Å². The van der Waals surface area contributed by atoms with E-state index >= 15 is 0 Å². The van der Waals surface area contributed by atoms with Crippen LogP contribution in [0.1, 0.15) is 31.4 Å². The molecule has 0 saturated heterocycles. The molecule has 0 atom stereocenters. The highest BCUT2D eigenvalue weighted by Crippen LogP contribution is 2.38. The van der Waals surface area contributed by atoms with Gasteiger partial charge in [-0.25, -0.2) is 0 Å². The van der Waals surface area contributed by atoms with Crippen molar-refractivity contribution in [3.05, 3.63) is 29.3 Å². The summed E-state index contributed by atoms with van der Waals surface area (Å²) in [5, 5.41) is 0. The standard InChI is InChI=1S/C13H18O2/c1-13(2)6-7-15-12-5-4-10(9-14-3)8-11(12)13/h4-5,8H,6-7,9H2,1-3H3. The van der Waals surface area contributed by atoms with Crippen LogP contribution in [-0.2, 0) is 16.8 Å². The first-order chi connectivity index (χ1) is 7.13. The van der Waals surface area contributed by atoms with Gasteiger partial charge >= 0.3 is 0 Å². The second-order valence-corrected chi connectivity index (χ2v) is 4.75. The van der Waals surface area contributed by atoms with E-state index in [2.05, 4.69) is 32.0 Å². The minimum Gasteiger partial charge on any atom is -0.493 e. The number of fused-ring (bicyclic) bond motifs is 1. The van der Waals surface area contributed by atoms with Crippen LogP contribution >= 0.6 is 0 Å². The Morgan fingerprint density at radius 1 is 1.40 bits per heavy atom. The van der Waals surface area contributed by atoms with Gasteiger partial charge in [0, 0.05) is 12.7 Å². The monoisotopic (exact) mass is 206 g/mol. The molecule has 0 bridgehead atoms. The van der Waals surface area contributed by atoms with Gasteiger partial charge in [0.25, 0.3) is 0 Å². The van der Waals surface area contributed by atoms with Crippen LogP contribution in [-0.4, -0.2) is 13.7 Å². The predicted molar refractivity (Wildman–Crippen MR) is 60.3 cm³/mol. The van der Waals surface area contributed by atoms with Crippen LogP contribution in [0.25, 0.3) is 0 Å². The molecule has 0 N–H and O–H groups in total. The fraction of sp³-hybridized carbons (Fsp3) is 0.538. The Bertz CT molecular complexity index is 356. The lowest BCUT2D eigenvalue weighted by Gasteiger charge is -2.32. The molecule has 0 unspecified atom stereocenters. The molecule has 0 aromatic heterocycles. The first kappa shape index (κ1) is 10.5. The summed E-state index contributed by atoms with van der Waals surface area (Å²) in [4.78, 5) is 0. The van der Waals surface area contributed by atoms with Crippen molar-refractivity contribution in [2.24, 2.45) is 0 Å². The number of methoxy groups -OCH3 is 1. The van der Waals surface area contributed by atoms with Crippen LogP contribution in [0.15, 0.2) is 18.2 Å². The Labute approximate surface area is 91.2 Å². The summed E-state index contributed by atoms with van der Waals surface area (Å²) in [5.74, 6) is 1.03. The molecule has 2 nitrogen and oxygen atoms in total. The molecule has 0 radical (unpaired) electrons. The van der Waals surface area contributed by atoms with Crippen molar-refractivity contribution < 1.29 is 9.47 Å². The molecule has 0 amide bonds. The SMILES string of the molecule is COCc1ccc2c(c1)C(C)(C)CCO2. The highest BCUT2D eigenvalue weighted by molar-refractivity contribution is 5.43. The maximum Gasteiger partial charge on any atom is 0.123 e. The molecular formula is C13H18O2. The molecule has 2 heteroatoms. The van der Waals surface area contributed by atoms with Crippen LogP contribution in [0, 0.1) is 0 Å². The maximum atomic E-state index is 5.65. The van der Waals surface area contributed by atoms with Crippen molar-refractivity contribution >= 4 is 0 Å². The Morgan fingerprint density at radius 2 is 2.20 bits per heavy atom. The van der Waals surface area contributed by atoms with Crippen LogP contribution in [0.3, 0.4) is 0 Å². The minimum absolute atomic E-state index is 0.220. The predicted octanol–water partition coefficient (Wildman–Crippen LogP) is 2.89. The van der Waals surface area contributed by atoms with Crippen molar-refractivity contribution in [3.63, 3.8) is 0 Å². The van der Waals surface area contributed by atoms with Crippen molar-refractivity contribution in [2.75, 3.05) is 13.7 Å². The van der Waals surface area contributed by atoms with Crippen LogP contribution in [0.4, 0.5) is 0 Å². The van der Waals surface area contributed by atoms with Gasteiger partial charge in [0.05, 0.1) is 13.2 Å². The van der Waals surface area contributed by atoms with E-state index in [0.29, 0.717) is 6.61 Å². The molecule has 0 spiro atoms. The Balaban J connectivity index is 2.39. The van der Waals surface area contributed by atoms with Crippen molar-refractivity contribution in [2.45, 2.75) is 32.3 Å². The van der Waals surface area contributed by atoms with Crippen LogP contribution in [0.5, 0.6) is 5.75 Å². The second kappa shape index (κ2) is 3.86. The average molecular weight is 206 g/mol. The topological polar surface area (TPSA) is 18.5 Å². The van der Waals surface area contributed by atoms with Gasteiger partial charge in [0.15, 0.2) is 0 Å². The van der Waals surface area contributed by atoms with Gasteiger partial charge in [-0.15, -0.1) is 0 Å². The quantitative estimate of drug-likeness (QED) is 0.740. The number of hydrogen-bond acceptors (Lipinski definition) is 2. The normalized spacial score (nSPS) is 18.1. The first-order valence-corrected chi connectivity index (χ1v) is 5.38. The summed E-state index contributed by atoms with van der Waals surface area (Å²) in [7, 11) is 1.72. The zero-order chi connectivity index (χ0) is 10.9. The number of benzene rings is 1. The summed E-state index contributed by atoms with van der Waals surface area (Å²) < 4.78 is 10.8. The second-order valence-electron chi connectivity index (χ2n) is 4.75. The Hall–Kier alpha value is -1.02. The molecule has 1 aliphatic rings. The molecular weight excluding hydrogens is 188 g/mol. The molecule has 1 aromatic carbocycles. The van der Waals surface area contributed by atoms with Crippen LogP contribution < -0.4 is 4.74 Å². The van der Waals surface area contributed by atoms with E-state index in [0.717, 1.165) is 18.8 Å². The lowest BCUT2D eigenvalue weighted by Crippen LogP contribution is -2.26. The Morgan fingerprint density at radius 3 is 2.93 bits per heavy atom. The Kier molecular flexibility index (Phi) is 2.70. The van der Waals surface area contributed by atoms with Gasteiger partial charge in [-0.05, 0) is 29.5 Å². The summed E-state index contributed by atoms with van der Waals surface area (Å²) in [6.45, 7) is 6.03. The highest BCUT2D eigenvalue weighted by atomic mass is 16.5.